The summed E-state index contributed by atoms with van der Waals surface area (Å²) in [5.74, 6) is -0.0407. The summed E-state index contributed by atoms with van der Waals surface area (Å²) in [6, 6.07) is 12.1. The van der Waals surface area contributed by atoms with Gasteiger partial charge in [0, 0.05) is 21.4 Å². The lowest BCUT2D eigenvalue weighted by atomic mass is 10.2. The predicted molar refractivity (Wildman–Crippen MR) is 86.5 cm³/mol. The zero-order valence-electron chi connectivity index (χ0n) is 11.2. The third kappa shape index (κ3) is 3.37. The first kappa shape index (κ1) is 15.4. The number of thioether (sulfide) groups is 1. The molecular formula is C14H13N3O2S2. The molecule has 0 bridgehead atoms. The van der Waals surface area contributed by atoms with Crippen molar-refractivity contribution < 1.29 is 4.92 Å². The molecule has 0 radical (unpaired) electrons. The molecule has 2 aromatic carbocycles. The molecule has 0 saturated heterocycles. The van der Waals surface area contributed by atoms with Crippen molar-refractivity contribution in [3.8, 4) is 0 Å². The Labute approximate surface area is 130 Å². The average molecular weight is 319 g/mol. The minimum absolute atomic E-state index is 0.0407. The minimum Gasteiger partial charge on any atom is -0.384 e. The van der Waals surface area contributed by atoms with Crippen LogP contribution >= 0.6 is 23.5 Å². The predicted octanol–water partition coefficient (Wildman–Crippen LogP) is 3.75. The van der Waals surface area contributed by atoms with Gasteiger partial charge in [-0.05, 0) is 24.5 Å². The maximum absolute atomic E-state index is 11.1. The normalized spacial score (nSPS) is 10.3. The largest absolute Gasteiger partial charge is 0.384 e. The van der Waals surface area contributed by atoms with E-state index in [1.807, 2.05) is 24.5 Å². The summed E-state index contributed by atoms with van der Waals surface area (Å²) in [5, 5.41) is 18.8. The molecule has 108 valence electrons. The summed E-state index contributed by atoms with van der Waals surface area (Å²) < 4.78 is 0. The fourth-order valence-electron chi connectivity index (χ4n) is 1.84. The first-order chi connectivity index (χ1) is 10.0. The van der Waals surface area contributed by atoms with Crippen LogP contribution in [-0.2, 0) is 0 Å². The molecule has 0 aliphatic rings. The van der Waals surface area contributed by atoms with Crippen molar-refractivity contribution in [3.63, 3.8) is 0 Å². The van der Waals surface area contributed by atoms with E-state index < -0.39 is 4.92 Å². The van der Waals surface area contributed by atoms with Crippen molar-refractivity contribution in [2.24, 2.45) is 5.73 Å². The van der Waals surface area contributed by atoms with Crippen LogP contribution in [0.4, 0.5) is 5.69 Å². The summed E-state index contributed by atoms with van der Waals surface area (Å²) in [7, 11) is 0. The molecule has 0 aliphatic heterocycles. The van der Waals surface area contributed by atoms with Crippen molar-refractivity contribution in [3.05, 3.63) is 58.1 Å². The van der Waals surface area contributed by atoms with Crippen molar-refractivity contribution in [2.45, 2.75) is 14.7 Å². The quantitative estimate of drug-likeness (QED) is 0.288. The van der Waals surface area contributed by atoms with E-state index in [-0.39, 0.29) is 11.5 Å². The number of nitro benzene ring substituents is 1. The number of nitrogens with zero attached hydrogens (tertiary/aromatic N) is 1. The van der Waals surface area contributed by atoms with Gasteiger partial charge in [0.1, 0.15) is 5.84 Å². The van der Waals surface area contributed by atoms with E-state index in [2.05, 4.69) is 0 Å². The standard InChI is InChI=1S/C14H13N3O2S2/c1-20-11-7-4-8-12(13(11)14(15)16)21-10-6-3-2-5-9(10)17(18)19/h2-8H,1H3,(H3,15,16). The summed E-state index contributed by atoms with van der Waals surface area (Å²) in [4.78, 5) is 12.8. The number of para-hydroxylation sites is 1. The molecule has 7 heteroatoms. The van der Waals surface area contributed by atoms with Gasteiger partial charge in [0.25, 0.3) is 5.69 Å². The lowest BCUT2D eigenvalue weighted by Gasteiger charge is -2.11. The Hall–Kier alpha value is -1.99. The molecule has 0 amide bonds. The number of nitrogens with two attached hydrogens (primary N) is 1. The summed E-state index contributed by atoms with van der Waals surface area (Å²) in [6.45, 7) is 0. The van der Waals surface area contributed by atoms with Gasteiger partial charge in [-0.1, -0.05) is 30.0 Å². The molecule has 2 aromatic rings. The smallest absolute Gasteiger partial charge is 0.283 e. The van der Waals surface area contributed by atoms with E-state index in [1.165, 1.54) is 29.6 Å². The number of nitrogens with one attached hydrogen (secondary N) is 1. The molecule has 0 unspecified atom stereocenters. The highest BCUT2D eigenvalue weighted by Gasteiger charge is 2.17. The van der Waals surface area contributed by atoms with Gasteiger partial charge in [-0.3, -0.25) is 15.5 Å². The lowest BCUT2D eigenvalue weighted by molar-refractivity contribution is -0.387. The Balaban J connectivity index is 2.50. The van der Waals surface area contributed by atoms with E-state index in [0.29, 0.717) is 10.5 Å². The van der Waals surface area contributed by atoms with Gasteiger partial charge in [-0.2, -0.15) is 0 Å². The summed E-state index contributed by atoms with van der Waals surface area (Å²) >= 11 is 2.74. The Bertz CT molecular complexity index is 704. The molecule has 0 saturated carbocycles. The van der Waals surface area contributed by atoms with Gasteiger partial charge in [0.15, 0.2) is 0 Å². The van der Waals surface area contributed by atoms with Crippen LogP contribution < -0.4 is 5.73 Å². The van der Waals surface area contributed by atoms with Crippen LogP contribution in [0, 0.1) is 15.5 Å². The topological polar surface area (TPSA) is 93.0 Å². The van der Waals surface area contributed by atoms with Gasteiger partial charge in [-0.15, -0.1) is 11.8 Å². The number of nitro groups is 1. The fourth-order valence-corrected chi connectivity index (χ4v) is 3.65. The molecule has 0 fully saturated rings. The highest BCUT2D eigenvalue weighted by Crippen LogP contribution is 2.38. The van der Waals surface area contributed by atoms with Gasteiger partial charge >= 0.3 is 0 Å². The number of nitrogen functional groups attached to an aromatic ring is 1. The van der Waals surface area contributed by atoms with Crippen LogP contribution in [0.5, 0.6) is 0 Å². The van der Waals surface area contributed by atoms with Crippen LogP contribution in [0.1, 0.15) is 5.56 Å². The van der Waals surface area contributed by atoms with Crippen LogP contribution in [0.15, 0.2) is 57.2 Å². The van der Waals surface area contributed by atoms with E-state index >= 15 is 0 Å². The molecule has 2 rings (SSSR count). The average Bonchev–Trinajstić information content (AvgIpc) is 2.47. The second-order valence-electron chi connectivity index (χ2n) is 4.07. The zero-order valence-corrected chi connectivity index (χ0v) is 12.8. The maximum atomic E-state index is 11.1. The van der Waals surface area contributed by atoms with Gasteiger partial charge in [-0.25, -0.2) is 0 Å². The van der Waals surface area contributed by atoms with Gasteiger partial charge < -0.3 is 5.73 Å². The third-order valence-electron chi connectivity index (χ3n) is 2.76. The number of amidine groups is 1. The van der Waals surface area contributed by atoms with Crippen molar-refractivity contribution in [2.75, 3.05) is 6.26 Å². The van der Waals surface area contributed by atoms with E-state index in [0.717, 1.165) is 9.79 Å². The second-order valence-corrected chi connectivity index (χ2v) is 6.01. The lowest BCUT2D eigenvalue weighted by Crippen LogP contribution is -2.13. The Morgan fingerprint density at radius 1 is 1.14 bits per heavy atom. The Morgan fingerprint density at radius 2 is 1.76 bits per heavy atom. The Morgan fingerprint density at radius 3 is 2.38 bits per heavy atom. The van der Waals surface area contributed by atoms with Crippen LogP contribution in [-0.4, -0.2) is 17.0 Å². The molecule has 0 heterocycles. The van der Waals surface area contributed by atoms with Crippen LogP contribution in [0.25, 0.3) is 0 Å². The van der Waals surface area contributed by atoms with Crippen LogP contribution in [0.3, 0.4) is 0 Å². The first-order valence-corrected chi connectivity index (χ1v) is 8.01. The number of hydrogen-bond acceptors (Lipinski definition) is 5. The third-order valence-corrected chi connectivity index (χ3v) is 4.66. The maximum Gasteiger partial charge on any atom is 0.283 e. The van der Waals surface area contributed by atoms with Gasteiger partial charge in [0.05, 0.1) is 9.82 Å². The SMILES string of the molecule is CSc1cccc(Sc2ccccc2[N+](=O)[O-])c1C(=N)N. The molecule has 0 aliphatic carbocycles. The zero-order chi connectivity index (χ0) is 15.4. The number of rotatable bonds is 5. The number of benzene rings is 2. The minimum atomic E-state index is -0.409. The summed E-state index contributed by atoms with van der Waals surface area (Å²) in [5.41, 5.74) is 6.33. The molecule has 0 atom stereocenters. The molecular weight excluding hydrogens is 306 g/mol. The highest BCUT2D eigenvalue weighted by atomic mass is 32.2. The summed E-state index contributed by atoms with van der Waals surface area (Å²) in [6.07, 6.45) is 1.90. The second kappa shape index (κ2) is 6.64. The molecule has 3 N–H and O–H groups in total. The highest BCUT2D eigenvalue weighted by molar-refractivity contribution is 8.00. The fraction of sp³-hybridized carbons (Fsp3) is 0.0714. The Kier molecular flexibility index (Phi) is 4.87. The molecule has 5 nitrogen and oxygen atoms in total. The van der Waals surface area contributed by atoms with Gasteiger partial charge in [0.2, 0.25) is 0 Å². The molecule has 0 spiro atoms. The molecule has 0 aromatic heterocycles. The molecule has 21 heavy (non-hydrogen) atoms. The van der Waals surface area contributed by atoms with Crippen molar-refractivity contribution >= 4 is 35.0 Å². The first-order valence-electron chi connectivity index (χ1n) is 5.97. The number of hydrogen-bond donors (Lipinski definition) is 2. The van der Waals surface area contributed by atoms with E-state index in [9.17, 15) is 10.1 Å². The van der Waals surface area contributed by atoms with E-state index in [4.69, 9.17) is 11.1 Å². The monoisotopic (exact) mass is 319 g/mol. The van der Waals surface area contributed by atoms with Crippen molar-refractivity contribution in [1.82, 2.24) is 0 Å². The van der Waals surface area contributed by atoms with Crippen LogP contribution in [0.2, 0.25) is 0 Å². The van der Waals surface area contributed by atoms with Crippen molar-refractivity contribution in [1.29, 1.82) is 5.41 Å². The van der Waals surface area contributed by atoms with E-state index in [1.54, 1.807) is 18.2 Å².